The molecule has 3 nitrogen and oxygen atoms in total. The zero-order valence-electron chi connectivity index (χ0n) is 12.0. The van der Waals surface area contributed by atoms with Gasteiger partial charge in [0.25, 0.3) is 0 Å². The monoisotopic (exact) mass is 270 g/mol. The Hall–Kier alpha value is -1.58. The Morgan fingerprint density at radius 3 is 2.95 bits per heavy atom. The van der Waals surface area contributed by atoms with Gasteiger partial charge in [0.15, 0.2) is 0 Å². The molecule has 1 aliphatic heterocycles. The van der Waals surface area contributed by atoms with Gasteiger partial charge in [0.05, 0.1) is 0 Å². The molecule has 0 bridgehead atoms. The molecule has 3 heteroatoms. The zero-order chi connectivity index (χ0) is 13.8. The van der Waals surface area contributed by atoms with Gasteiger partial charge in [-0.05, 0) is 18.4 Å². The number of hydrogen-bond acceptors (Lipinski definition) is 3. The summed E-state index contributed by atoms with van der Waals surface area (Å²) in [5.74, 6) is 0.992. The molecule has 1 atom stereocenters. The highest BCUT2D eigenvalue weighted by molar-refractivity contribution is 5.88. The molecule has 0 aromatic heterocycles. The van der Waals surface area contributed by atoms with Crippen molar-refractivity contribution in [2.24, 2.45) is 0 Å². The molecule has 2 aromatic carbocycles. The molecule has 1 aliphatic rings. The molecular weight excluding hydrogens is 248 g/mol. The van der Waals surface area contributed by atoms with Gasteiger partial charge in [0, 0.05) is 37.6 Å². The molecule has 0 spiro atoms. The molecular formula is C17H22N2O. The van der Waals surface area contributed by atoms with E-state index < -0.39 is 0 Å². The summed E-state index contributed by atoms with van der Waals surface area (Å²) >= 11 is 0. The minimum absolute atomic E-state index is 0.597. The standard InChI is InChI=1S/C17H22N2O/c1-14-13-18-9-10-19(14)11-12-20-17-8-4-6-15-5-2-3-7-16(15)17/h2-8,14,18H,9-13H2,1H3/t14-/m1/s1. The molecule has 1 N–H and O–H groups in total. The maximum atomic E-state index is 6.01. The fourth-order valence-electron chi connectivity index (χ4n) is 2.81. The lowest BCUT2D eigenvalue weighted by Gasteiger charge is -2.33. The number of nitrogens with zero attached hydrogens (tertiary/aromatic N) is 1. The predicted octanol–water partition coefficient (Wildman–Crippen LogP) is 2.51. The maximum absolute atomic E-state index is 6.01. The average Bonchev–Trinajstić information content (AvgIpc) is 2.49. The number of hydrogen-bond donors (Lipinski definition) is 1. The molecule has 106 valence electrons. The summed E-state index contributed by atoms with van der Waals surface area (Å²) in [5.41, 5.74) is 0. The van der Waals surface area contributed by atoms with E-state index in [1.165, 1.54) is 10.8 Å². The van der Waals surface area contributed by atoms with Crippen molar-refractivity contribution in [3.8, 4) is 5.75 Å². The first-order valence-corrected chi connectivity index (χ1v) is 7.40. The summed E-state index contributed by atoms with van der Waals surface area (Å²) in [6.07, 6.45) is 0. The van der Waals surface area contributed by atoms with E-state index in [-0.39, 0.29) is 0 Å². The molecule has 0 amide bonds. The summed E-state index contributed by atoms with van der Waals surface area (Å²) in [4.78, 5) is 2.49. The van der Waals surface area contributed by atoms with Crippen LogP contribution in [0, 0.1) is 0 Å². The van der Waals surface area contributed by atoms with E-state index in [4.69, 9.17) is 4.74 Å². The van der Waals surface area contributed by atoms with Crippen LogP contribution in [0.5, 0.6) is 5.75 Å². The first-order chi connectivity index (χ1) is 9.84. The van der Waals surface area contributed by atoms with E-state index >= 15 is 0 Å². The largest absolute Gasteiger partial charge is 0.492 e. The van der Waals surface area contributed by atoms with Crippen LogP contribution in [0.3, 0.4) is 0 Å². The lowest BCUT2D eigenvalue weighted by Crippen LogP contribution is -2.50. The Bertz CT molecular complexity index is 564. The Morgan fingerprint density at radius 2 is 2.05 bits per heavy atom. The van der Waals surface area contributed by atoms with Crippen LogP contribution in [0.15, 0.2) is 42.5 Å². The molecule has 1 saturated heterocycles. The average molecular weight is 270 g/mol. The Labute approximate surface area is 120 Å². The molecule has 1 heterocycles. The summed E-state index contributed by atoms with van der Waals surface area (Å²) in [6.45, 7) is 7.28. The van der Waals surface area contributed by atoms with Crippen LogP contribution < -0.4 is 10.1 Å². The van der Waals surface area contributed by atoms with Crippen LogP contribution in [-0.4, -0.2) is 43.7 Å². The van der Waals surface area contributed by atoms with Gasteiger partial charge in [-0.25, -0.2) is 0 Å². The van der Waals surface area contributed by atoms with Crippen LogP contribution in [0.25, 0.3) is 10.8 Å². The second-order valence-corrected chi connectivity index (χ2v) is 5.41. The maximum Gasteiger partial charge on any atom is 0.127 e. The van der Waals surface area contributed by atoms with Crippen LogP contribution in [0.2, 0.25) is 0 Å². The normalized spacial score (nSPS) is 20.1. The SMILES string of the molecule is C[C@@H]1CNCCN1CCOc1cccc2ccccc12. The van der Waals surface area contributed by atoms with Crippen LogP contribution in [0.1, 0.15) is 6.92 Å². The number of piperazine rings is 1. The van der Waals surface area contributed by atoms with Crippen molar-refractivity contribution in [1.82, 2.24) is 10.2 Å². The highest BCUT2D eigenvalue weighted by Crippen LogP contribution is 2.25. The lowest BCUT2D eigenvalue weighted by molar-refractivity contribution is 0.144. The Morgan fingerprint density at radius 1 is 1.20 bits per heavy atom. The molecule has 20 heavy (non-hydrogen) atoms. The van der Waals surface area contributed by atoms with Gasteiger partial charge in [-0.2, -0.15) is 0 Å². The van der Waals surface area contributed by atoms with E-state index in [0.29, 0.717) is 6.04 Å². The smallest absolute Gasteiger partial charge is 0.127 e. The highest BCUT2D eigenvalue weighted by atomic mass is 16.5. The van der Waals surface area contributed by atoms with E-state index in [9.17, 15) is 0 Å². The quantitative estimate of drug-likeness (QED) is 0.924. The Kier molecular flexibility index (Phi) is 4.19. The van der Waals surface area contributed by atoms with Crippen molar-refractivity contribution >= 4 is 10.8 Å². The first kappa shape index (κ1) is 13.4. The second-order valence-electron chi connectivity index (χ2n) is 5.41. The molecule has 0 saturated carbocycles. The van der Waals surface area contributed by atoms with Gasteiger partial charge in [-0.3, -0.25) is 4.90 Å². The molecule has 0 aliphatic carbocycles. The third-order valence-electron chi connectivity index (χ3n) is 4.02. The van der Waals surface area contributed by atoms with Crippen molar-refractivity contribution < 1.29 is 4.74 Å². The van der Waals surface area contributed by atoms with Crippen LogP contribution in [0.4, 0.5) is 0 Å². The minimum atomic E-state index is 0.597. The van der Waals surface area contributed by atoms with E-state index in [2.05, 4.69) is 59.6 Å². The van der Waals surface area contributed by atoms with Gasteiger partial charge in [-0.1, -0.05) is 36.4 Å². The van der Waals surface area contributed by atoms with E-state index in [1.54, 1.807) is 0 Å². The van der Waals surface area contributed by atoms with Gasteiger partial charge < -0.3 is 10.1 Å². The second kappa shape index (κ2) is 6.25. The summed E-state index contributed by atoms with van der Waals surface area (Å²) < 4.78 is 6.01. The minimum Gasteiger partial charge on any atom is -0.492 e. The van der Waals surface area contributed by atoms with Gasteiger partial charge >= 0.3 is 0 Å². The summed E-state index contributed by atoms with van der Waals surface area (Å²) in [7, 11) is 0. The molecule has 2 aromatic rings. The van der Waals surface area contributed by atoms with E-state index in [0.717, 1.165) is 38.5 Å². The van der Waals surface area contributed by atoms with Crippen molar-refractivity contribution in [2.75, 3.05) is 32.8 Å². The van der Waals surface area contributed by atoms with Crippen molar-refractivity contribution in [2.45, 2.75) is 13.0 Å². The fraction of sp³-hybridized carbons (Fsp3) is 0.412. The number of benzene rings is 2. The lowest BCUT2D eigenvalue weighted by atomic mass is 10.1. The molecule has 3 rings (SSSR count). The summed E-state index contributed by atoms with van der Waals surface area (Å²) in [6, 6.07) is 15.2. The van der Waals surface area contributed by atoms with Crippen molar-refractivity contribution in [3.05, 3.63) is 42.5 Å². The third kappa shape index (κ3) is 2.94. The topological polar surface area (TPSA) is 24.5 Å². The van der Waals surface area contributed by atoms with Gasteiger partial charge in [0.1, 0.15) is 12.4 Å². The highest BCUT2D eigenvalue weighted by Gasteiger charge is 2.17. The first-order valence-electron chi connectivity index (χ1n) is 7.40. The Balaban J connectivity index is 1.62. The van der Waals surface area contributed by atoms with Crippen molar-refractivity contribution in [3.63, 3.8) is 0 Å². The molecule has 1 fully saturated rings. The number of ether oxygens (including phenoxy) is 1. The summed E-state index contributed by atoms with van der Waals surface area (Å²) in [5, 5.41) is 5.85. The van der Waals surface area contributed by atoms with Gasteiger partial charge in [-0.15, -0.1) is 0 Å². The van der Waals surface area contributed by atoms with Crippen molar-refractivity contribution in [1.29, 1.82) is 0 Å². The van der Waals surface area contributed by atoms with E-state index in [1.807, 2.05) is 0 Å². The fourth-order valence-corrected chi connectivity index (χ4v) is 2.81. The van der Waals surface area contributed by atoms with Crippen LogP contribution in [-0.2, 0) is 0 Å². The molecule has 0 radical (unpaired) electrons. The number of rotatable bonds is 4. The predicted molar refractivity (Wildman–Crippen MR) is 83.3 cm³/mol. The molecule has 0 unspecified atom stereocenters. The van der Waals surface area contributed by atoms with Crippen LogP contribution >= 0.6 is 0 Å². The number of nitrogens with one attached hydrogen (secondary N) is 1. The third-order valence-corrected chi connectivity index (χ3v) is 4.02. The zero-order valence-corrected chi connectivity index (χ0v) is 12.0. The number of fused-ring (bicyclic) bond motifs is 1. The van der Waals surface area contributed by atoms with Gasteiger partial charge in [0.2, 0.25) is 0 Å².